The molecule has 0 saturated heterocycles. The van der Waals surface area contributed by atoms with Crippen molar-refractivity contribution in [3.05, 3.63) is 29.3 Å². The van der Waals surface area contributed by atoms with Crippen molar-refractivity contribution in [2.45, 2.75) is 23.7 Å². The third kappa shape index (κ3) is 1.68. The van der Waals surface area contributed by atoms with Gasteiger partial charge in [-0.05, 0) is 24.5 Å². The van der Waals surface area contributed by atoms with Gasteiger partial charge in [-0.25, -0.2) is 0 Å². The Morgan fingerprint density at radius 3 is 3.15 bits per heavy atom. The highest BCUT2D eigenvalue weighted by Crippen LogP contribution is 2.40. The third-order valence-corrected chi connectivity index (χ3v) is 3.73. The first-order valence-corrected chi connectivity index (χ1v) is 5.96. The lowest BCUT2D eigenvalue weighted by atomic mass is 9.98. The van der Waals surface area contributed by atoms with Crippen LogP contribution in [0, 0.1) is 0 Å². The van der Waals surface area contributed by atoms with E-state index in [0.717, 1.165) is 25.2 Å². The molecule has 0 aliphatic carbocycles. The van der Waals surface area contributed by atoms with Gasteiger partial charge in [-0.2, -0.15) is 0 Å². The van der Waals surface area contributed by atoms with E-state index in [9.17, 15) is 0 Å². The van der Waals surface area contributed by atoms with Crippen LogP contribution in [0.3, 0.4) is 0 Å². The van der Waals surface area contributed by atoms with Gasteiger partial charge in [0.15, 0.2) is 0 Å². The minimum Gasteiger partial charge on any atom is -0.493 e. The molecule has 1 unspecified atom stereocenters. The van der Waals surface area contributed by atoms with Crippen molar-refractivity contribution >= 4 is 22.6 Å². The van der Waals surface area contributed by atoms with Crippen LogP contribution in [-0.2, 0) is 6.42 Å². The number of hydrogen-bond acceptors (Lipinski definition) is 1. The van der Waals surface area contributed by atoms with Gasteiger partial charge >= 0.3 is 0 Å². The van der Waals surface area contributed by atoms with E-state index in [0.29, 0.717) is 3.92 Å². The number of halogens is 1. The lowest BCUT2D eigenvalue weighted by Gasteiger charge is -2.24. The van der Waals surface area contributed by atoms with E-state index >= 15 is 0 Å². The Bertz CT molecular complexity index is 295. The van der Waals surface area contributed by atoms with E-state index in [2.05, 4.69) is 47.7 Å². The Balaban J connectivity index is 2.50. The summed E-state index contributed by atoms with van der Waals surface area (Å²) in [6.07, 6.45) is 2.25. The highest BCUT2D eigenvalue weighted by molar-refractivity contribution is 14.1. The fourth-order valence-electron chi connectivity index (χ4n) is 1.80. The van der Waals surface area contributed by atoms with Gasteiger partial charge in [-0.1, -0.05) is 41.6 Å². The van der Waals surface area contributed by atoms with Crippen LogP contribution in [0.5, 0.6) is 5.75 Å². The molecule has 1 aromatic rings. The molecule has 2 rings (SSSR count). The van der Waals surface area contributed by atoms with Crippen LogP contribution in [0.4, 0.5) is 0 Å². The average Bonchev–Trinajstić information content (AvgIpc) is 2.17. The summed E-state index contributed by atoms with van der Waals surface area (Å²) >= 11 is 2.52. The van der Waals surface area contributed by atoms with Crippen molar-refractivity contribution < 1.29 is 4.74 Å². The normalized spacial score (nSPS) is 20.6. The highest BCUT2D eigenvalue weighted by atomic mass is 127. The number of rotatable bonds is 1. The molecule has 1 nitrogen and oxygen atoms in total. The van der Waals surface area contributed by atoms with Crippen LogP contribution in [0.1, 0.15) is 28.4 Å². The summed E-state index contributed by atoms with van der Waals surface area (Å²) in [5.74, 6) is 1.10. The first-order valence-electron chi connectivity index (χ1n) is 4.71. The molecule has 0 radical (unpaired) electrons. The van der Waals surface area contributed by atoms with Crippen LogP contribution in [0.2, 0.25) is 0 Å². The van der Waals surface area contributed by atoms with Gasteiger partial charge in [-0.15, -0.1) is 0 Å². The first kappa shape index (κ1) is 9.31. The molecular formula is C11H13IO. The van der Waals surface area contributed by atoms with Gasteiger partial charge in [0.1, 0.15) is 5.75 Å². The Labute approximate surface area is 92.6 Å². The second kappa shape index (κ2) is 3.86. The zero-order valence-electron chi connectivity index (χ0n) is 7.72. The van der Waals surface area contributed by atoms with E-state index in [-0.39, 0.29) is 0 Å². The van der Waals surface area contributed by atoms with Crippen LogP contribution in [0.25, 0.3) is 0 Å². The van der Waals surface area contributed by atoms with Crippen molar-refractivity contribution in [1.82, 2.24) is 0 Å². The van der Waals surface area contributed by atoms with Crippen molar-refractivity contribution in [3.8, 4) is 5.75 Å². The summed E-state index contributed by atoms with van der Waals surface area (Å²) in [5.41, 5.74) is 2.87. The molecule has 70 valence electrons. The zero-order valence-corrected chi connectivity index (χ0v) is 9.87. The van der Waals surface area contributed by atoms with Crippen LogP contribution in [0.15, 0.2) is 18.2 Å². The van der Waals surface area contributed by atoms with Crippen LogP contribution < -0.4 is 4.74 Å². The summed E-state index contributed by atoms with van der Waals surface area (Å²) in [7, 11) is 0. The number of hydrogen-bond donors (Lipinski definition) is 0. The molecule has 0 spiro atoms. The molecule has 0 aromatic heterocycles. The largest absolute Gasteiger partial charge is 0.493 e. The monoisotopic (exact) mass is 288 g/mol. The number of aryl methyl sites for hydroxylation is 1. The Kier molecular flexibility index (Phi) is 2.77. The van der Waals surface area contributed by atoms with E-state index in [1.807, 2.05) is 0 Å². The zero-order chi connectivity index (χ0) is 9.26. The predicted octanol–water partition coefficient (Wildman–Crippen LogP) is 3.51. The molecule has 0 saturated carbocycles. The molecular weight excluding hydrogens is 275 g/mol. The standard InChI is InChI=1S/C11H13IO/c1-2-8-4-3-5-10-11(8)9(12)6-7-13-10/h3-5,9H,2,6-7H2,1H3. The summed E-state index contributed by atoms with van der Waals surface area (Å²) in [6.45, 7) is 3.07. The fraction of sp³-hybridized carbons (Fsp3) is 0.455. The van der Waals surface area contributed by atoms with Crippen LogP contribution in [-0.4, -0.2) is 6.61 Å². The second-order valence-corrected chi connectivity index (χ2v) is 4.79. The molecule has 13 heavy (non-hydrogen) atoms. The minimum absolute atomic E-state index is 0.637. The number of benzene rings is 1. The summed E-state index contributed by atoms with van der Waals surface area (Å²) in [4.78, 5) is 0. The van der Waals surface area contributed by atoms with Gasteiger partial charge in [0.2, 0.25) is 0 Å². The first-order chi connectivity index (χ1) is 6.33. The quantitative estimate of drug-likeness (QED) is 0.567. The van der Waals surface area contributed by atoms with Gasteiger partial charge in [0.05, 0.1) is 6.61 Å². The van der Waals surface area contributed by atoms with Crippen molar-refractivity contribution in [2.75, 3.05) is 6.61 Å². The Morgan fingerprint density at radius 1 is 1.54 bits per heavy atom. The Morgan fingerprint density at radius 2 is 2.38 bits per heavy atom. The topological polar surface area (TPSA) is 9.23 Å². The molecule has 0 fully saturated rings. The molecule has 1 aromatic carbocycles. The highest BCUT2D eigenvalue weighted by Gasteiger charge is 2.20. The number of alkyl halides is 1. The lowest BCUT2D eigenvalue weighted by molar-refractivity contribution is 0.288. The van der Waals surface area contributed by atoms with Gasteiger partial charge in [0.25, 0.3) is 0 Å². The maximum atomic E-state index is 5.63. The van der Waals surface area contributed by atoms with Crippen molar-refractivity contribution in [1.29, 1.82) is 0 Å². The SMILES string of the molecule is CCc1cccc2c1C(I)CCO2. The van der Waals surface area contributed by atoms with E-state index in [4.69, 9.17) is 4.74 Å². The van der Waals surface area contributed by atoms with Gasteiger partial charge in [-0.3, -0.25) is 0 Å². The molecule has 2 heteroatoms. The molecule has 0 N–H and O–H groups in total. The summed E-state index contributed by atoms with van der Waals surface area (Å²) in [6, 6.07) is 6.38. The average molecular weight is 288 g/mol. The van der Waals surface area contributed by atoms with E-state index < -0.39 is 0 Å². The molecule has 1 atom stereocenters. The maximum Gasteiger partial charge on any atom is 0.123 e. The molecule has 0 amide bonds. The fourth-order valence-corrected chi connectivity index (χ4v) is 2.76. The second-order valence-electron chi connectivity index (χ2n) is 3.29. The van der Waals surface area contributed by atoms with Gasteiger partial charge in [0, 0.05) is 9.49 Å². The predicted molar refractivity (Wildman–Crippen MR) is 62.7 cm³/mol. The maximum absolute atomic E-state index is 5.63. The smallest absolute Gasteiger partial charge is 0.123 e. The third-order valence-electron chi connectivity index (χ3n) is 2.48. The van der Waals surface area contributed by atoms with Crippen molar-refractivity contribution in [3.63, 3.8) is 0 Å². The van der Waals surface area contributed by atoms with Crippen LogP contribution >= 0.6 is 22.6 Å². The Hall–Kier alpha value is -0.250. The molecule has 1 heterocycles. The molecule has 0 bridgehead atoms. The minimum atomic E-state index is 0.637. The summed E-state index contributed by atoms with van der Waals surface area (Å²) in [5, 5.41) is 0. The molecule has 1 aliphatic heterocycles. The molecule has 1 aliphatic rings. The van der Waals surface area contributed by atoms with Gasteiger partial charge < -0.3 is 4.74 Å². The van der Waals surface area contributed by atoms with E-state index in [1.54, 1.807) is 0 Å². The number of fused-ring (bicyclic) bond motifs is 1. The lowest BCUT2D eigenvalue weighted by Crippen LogP contribution is -2.12. The summed E-state index contributed by atoms with van der Waals surface area (Å²) < 4.78 is 6.27. The number of ether oxygens (including phenoxy) is 1. The van der Waals surface area contributed by atoms with E-state index in [1.165, 1.54) is 11.1 Å². The van der Waals surface area contributed by atoms with Crippen molar-refractivity contribution in [2.24, 2.45) is 0 Å².